The van der Waals surface area contributed by atoms with E-state index in [4.69, 9.17) is 4.74 Å². The topological polar surface area (TPSA) is 65.5 Å². The Kier molecular flexibility index (Phi) is 6.05. The van der Waals surface area contributed by atoms with Crippen LogP contribution in [-0.2, 0) is 20.7 Å². The Balaban J connectivity index is 1.81. The van der Waals surface area contributed by atoms with Crippen LogP contribution in [0.5, 0.6) is 0 Å². The number of ether oxygens (including phenoxy) is 2. The molecule has 120 valence electrons. The van der Waals surface area contributed by atoms with E-state index < -0.39 is 11.9 Å². The Morgan fingerprint density at radius 2 is 2.00 bits per heavy atom. The van der Waals surface area contributed by atoms with Crippen LogP contribution < -0.4 is 0 Å². The highest BCUT2D eigenvalue weighted by Crippen LogP contribution is 2.12. The van der Waals surface area contributed by atoms with Crippen molar-refractivity contribution in [2.75, 3.05) is 13.7 Å². The maximum absolute atomic E-state index is 11.7. The Morgan fingerprint density at radius 1 is 1.26 bits per heavy atom. The number of methoxy groups -OCH3 is 1. The van der Waals surface area contributed by atoms with E-state index in [0.717, 1.165) is 16.1 Å². The number of rotatable bonds is 6. The fourth-order valence-corrected chi connectivity index (χ4v) is 2.63. The van der Waals surface area contributed by atoms with Gasteiger partial charge in [-0.3, -0.25) is 0 Å². The van der Waals surface area contributed by atoms with Gasteiger partial charge in [0.1, 0.15) is 0 Å². The highest BCUT2D eigenvalue weighted by Gasteiger charge is 2.05. The van der Waals surface area contributed by atoms with Crippen molar-refractivity contribution < 1.29 is 19.1 Å². The number of hydrogen-bond donors (Lipinski definition) is 0. The minimum Gasteiger partial charge on any atom is -0.465 e. The van der Waals surface area contributed by atoms with Crippen LogP contribution in [-0.4, -0.2) is 30.6 Å². The second-order valence-electron chi connectivity index (χ2n) is 4.73. The summed E-state index contributed by atoms with van der Waals surface area (Å²) in [6, 6.07) is 6.75. The molecule has 0 aliphatic heterocycles. The molecule has 0 bridgehead atoms. The van der Waals surface area contributed by atoms with Crippen molar-refractivity contribution >= 4 is 29.4 Å². The average molecular weight is 331 g/mol. The van der Waals surface area contributed by atoms with Gasteiger partial charge in [-0.05, 0) is 30.7 Å². The van der Waals surface area contributed by atoms with E-state index in [1.165, 1.54) is 13.2 Å². The summed E-state index contributed by atoms with van der Waals surface area (Å²) in [6.45, 7) is 2.26. The molecule has 6 heteroatoms. The van der Waals surface area contributed by atoms with Gasteiger partial charge in [-0.1, -0.05) is 12.1 Å². The quantitative estimate of drug-likeness (QED) is 0.601. The van der Waals surface area contributed by atoms with Crippen molar-refractivity contribution in [3.63, 3.8) is 0 Å². The maximum atomic E-state index is 11.7. The summed E-state index contributed by atoms with van der Waals surface area (Å²) in [4.78, 5) is 28.2. The number of hydrogen-bond acceptors (Lipinski definition) is 6. The van der Waals surface area contributed by atoms with Gasteiger partial charge in [-0.2, -0.15) is 0 Å². The molecular formula is C17H17NO4S. The predicted molar refractivity (Wildman–Crippen MR) is 88.3 cm³/mol. The van der Waals surface area contributed by atoms with Crippen molar-refractivity contribution in [3.05, 3.63) is 57.6 Å². The largest absolute Gasteiger partial charge is 0.465 e. The fourth-order valence-electron chi connectivity index (χ4n) is 1.87. The first-order valence-corrected chi connectivity index (χ1v) is 7.90. The fraction of sp³-hybridized carbons (Fsp3) is 0.235. The second kappa shape index (κ2) is 8.24. The van der Waals surface area contributed by atoms with Crippen LogP contribution in [0, 0.1) is 6.92 Å². The molecule has 0 N–H and O–H groups in total. The van der Waals surface area contributed by atoms with E-state index in [1.807, 2.05) is 6.92 Å². The Bertz CT molecular complexity index is 704. The first kappa shape index (κ1) is 16.9. The van der Waals surface area contributed by atoms with Crippen molar-refractivity contribution in [3.8, 4) is 0 Å². The van der Waals surface area contributed by atoms with Crippen LogP contribution in [0.2, 0.25) is 0 Å². The molecule has 1 aromatic carbocycles. The lowest BCUT2D eigenvalue weighted by Crippen LogP contribution is -2.04. The summed E-state index contributed by atoms with van der Waals surface area (Å²) >= 11 is 1.56. The molecule has 0 saturated heterocycles. The van der Waals surface area contributed by atoms with Gasteiger partial charge < -0.3 is 9.47 Å². The third kappa shape index (κ3) is 5.03. The normalized spacial score (nSPS) is 10.7. The third-order valence-electron chi connectivity index (χ3n) is 3.16. The van der Waals surface area contributed by atoms with Gasteiger partial charge >= 0.3 is 11.9 Å². The lowest BCUT2D eigenvalue weighted by Gasteiger charge is -2.01. The molecular weight excluding hydrogens is 314 g/mol. The van der Waals surface area contributed by atoms with Gasteiger partial charge in [0.05, 0.1) is 30.5 Å². The monoisotopic (exact) mass is 331 g/mol. The van der Waals surface area contributed by atoms with Crippen LogP contribution in [0.15, 0.2) is 35.9 Å². The number of esters is 2. The maximum Gasteiger partial charge on any atom is 0.337 e. The smallest absolute Gasteiger partial charge is 0.337 e. The summed E-state index contributed by atoms with van der Waals surface area (Å²) in [5, 5.41) is 0. The minimum atomic E-state index is -0.399. The molecule has 2 aromatic rings. The lowest BCUT2D eigenvalue weighted by molar-refractivity contribution is -0.137. The van der Waals surface area contributed by atoms with Gasteiger partial charge in [0, 0.05) is 17.4 Å². The molecule has 0 atom stereocenters. The van der Waals surface area contributed by atoms with Gasteiger partial charge in [-0.15, -0.1) is 11.3 Å². The molecule has 0 amide bonds. The molecule has 0 spiro atoms. The molecule has 0 radical (unpaired) electrons. The molecule has 2 rings (SSSR count). The SMILES string of the molecule is COC(=O)c1ccc(/C=C/C(=O)OCCc2scnc2C)cc1. The first-order chi connectivity index (χ1) is 11.1. The Labute approximate surface area is 138 Å². The number of carbonyl (C=O) groups excluding carboxylic acids is 2. The van der Waals surface area contributed by atoms with Crippen LogP contribution in [0.4, 0.5) is 0 Å². The van der Waals surface area contributed by atoms with Crippen molar-refractivity contribution in [1.82, 2.24) is 4.98 Å². The molecule has 0 aliphatic carbocycles. The average Bonchev–Trinajstić information content (AvgIpc) is 2.98. The number of benzene rings is 1. The van der Waals surface area contributed by atoms with E-state index in [-0.39, 0.29) is 0 Å². The summed E-state index contributed by atoms with van der Waals surface area (Å²) in [5.74, 6) is -0.789. The molecule has 1 heterocycles. The molecule has 1 aromatic heterocycles. The zero-order valence-electron chi connectivity index (χ0n) is 12.9. The predicted octanol–water partition coefficient (Wildman–Crippen LogP) is 3.04. The summed E-state index contributed by atoms with van der Waals surface area (Å²) in [5.41, 5.74) is 4.03. The summed E-state index contributed by atoms with van der Waals surface area (Å²) < 4.78 is 9.77. The van der Waals surface area contributed by atoms with Crippen LogP contribution >= 0.6 is 11.3 Å². The number of carbonyl (C=O) groups is 2. The van der Waals surface area contributed by atoms with Crippen molar-refractivity contribution in [1.29, 1.82) is 0 Å². The molecule has 0 saturated carbocycles. The van der Waals surface area contributed by atoms with Crippen molar-refractivity contribution in [2.45, 2.75) is 13.3 Å². The molecule has 0 aliphatic rings. The minimum absolute atomic E-state index is 0.327. The summed E-state index contributed by atoms with van der Waals surface area (Å²) in [7, 11) is 1.33. The Morgan fingerprint density at radius 3 is 2.61 bits per heavy atom. The zero-order chi connectivity index (χ0) is 16.7. The van der Waals surface area contributed by atoms with E-state index in [9.17, 15) is 9.59 Å². The van der Waals surface area contributed by atoms with E-state index >= 15 is 0 Å². The lowest BCUT2D eigenvalue weighted by atomic mass is 10.1. The van der Waals surface area contributed by atoms with E-state index in [1.54, 1.807) is 47.2 Å². The zero-order valence-corrected chi connectivity index (χ0v) is 13.8. The highest BCUT2D eigenvalue weighted by atomic mass is 32.1. The van der Waals surface area contributed by atoms with Crippen molar-refractivity contribution in [2.24, 2.45) is 0 Å². The van der Waals surface area contributed by atoms with Gasteiger partial charge in [-0.25, -0.2) is 14.6 Å². The number of aryl methyl sites for hydroxylation is 1. The summed E-state index contributed by atoms with van der Waals surface area (Å²) in [6.07, 6.45) is 3.68. The second-order valence-corrected chi connectivity index (χ2v) is 5.66. The number of nitrogens with zero attached hydrogens (tertiary/aromatic N) is 1. The molecule has 5 nitrogen and oxygen atoms in total. The first-order valence-electron chi connectivity index (χ1n) is 7.02. The molecule has 23 heavy (non-hydrogen) atoms. The third-order valence-corrected chi connectivity index (χ3v) is 4.16. The Hall–Kier alpha value is -2.47. The van der Waals surface area contributed by atoms with Gasteiger partial charge in [0.2, 0.25) is 0 Å². The number of aromatic nitrogens is 1. The highest BCUT2D eigenvalue weighted by molar-refractivity contribution is 7.09. The van der Waals surface area contributed by atoms with E-state index in [2.05, 4.69) is 9.72 Å². The van der Waals surface area contributed by atoms with E-state index in [0.29, 0.717) is 18.6 Å². The van der Waals surface area contributed by atoms with Gasteiger partial charge in [0.15, 0.2) is 0 Å². The van der Waals surface area contributed by atoms with Crippen LogP contribution in [0.1, 0.15) is 26.5 Å². The van der Waals surface area contributed by atoms with Crippen LogP contribution in [0.3, 0.4) is 0 Å². The molecule has 0 unspecified atom stereocenters. The van der Waals surface area contributed by atoms with Crippen LogP contribution in [0.25, 0.3) is 6.08 Å². The molecule has 0 fully saturated rings. The van der Waals surface area contributed by atoms with Gasteiger partial charge in [0.25, 0.3) is 0 Å². The number of thiazole rings is 1. The standard InChI is InChI=1S/C17H17NO4S/c1-12-15(23-11-18-12)9-10-22-16(19)8-5-13-3-6-14(7-4-13)17(20)21-2/h3-8,11H,9-10H2,1-2H3/b8-5+.